The van der Waals surface area contributed by atoms with E-state index in [0.717, 1.165) is 11.5 Å². The van der Waals surface area contributed by atoms with Crippen LogP contribution in [-0.4, -0.2) is 52.8 Å². The molecule has 0 atom stereocenters. The van der Waals surface area contributed by atoms with Gasteiger partial charge in [0.25, 0.3) is 0 Å². The Labute approximate surface area is 198 Å². The molecule has 0 saturated carbocycles. The van der Waals surface area contributed by atoms with Crippen molar-refractivity contribution in [3.8, 4) is 5.75 Å². The third kappa shape index (κ3) is 5.86. The topological polar surface area (TPSA) is 112 Å². The summed E-state index contributed by atoms with van der Waals surface area (Å²) in [5, 5.41) is 10.3. The van der Waals surface area contributed by atoms with Gasteiger partial charge in [0.1, 0.15) is 31.0 Å². The highest BCUT2D eigenvalue weighted by atomic mass is 19.2. The fourth-order valence-corrected chi connectivity index (χ4v) is 3.21. The lowest BCUT2D eigenvalue weighted by Gasteiger charge is -2.14. The van der Waals surface area contributed by atoms with E-state index in [1.807, 2.05) is 6.07 Å². The Morgan fingerprint density at radius 2 is 1.97 bits per heavy atom. The molecule has 2 aromatic heterocycles. The maximum atomic E-state index is 13.8. The molecule has 0 aliphatic heterocycles. The molecule has 12 heteroatoms. The molecule has 0 aliphatic carbocycles. The van der Waals surface area contributed by atoms with Gasteiger partial charge in [0.15, 0.2) is 17.9 Å². The monoisotopic (exact) mass is 484 g/mol. The van der Waals surface area contributed by atoms with Crippen LogP contribution in [0, 0.1) is 11.6 Å². The highest BCUT2D eigenvalue weighted by Crippen LogP contribution is 2.26. The SMILES string of the molecule is COC(COc1ccc2c(Nc3cnn(CC(=O)Nc4cccc(F)c4F)c3)ncnc2c1)OC. The molecule has 2 N–H and O–H groups in total. The summed E-state index contributed by atoms with van der Waals surface area (Å²) in [5.74, 6) is -1.61. The number of carbonyl (C=O) groups excluding carboxylic acids is 1. The molecule has 0 spiro atoms. The molecule has 0 fully saturated rings. The summed E-state index contributed by atoms with van der Waals surface area (Å²) in [5.41, 5.74) is 0.977. The second kappa shape index (κ2) is 10.8. The Morgan fingerprint density at radius 3 is 2.77 bits per heavy atom. The van der Waals surface area contributed by atoms with Crippen LogP contribution in [0.1, 0.15) is 0 Å². The van der Waals surface area contributed by atoms with Crippen LogP contribution < -0.4 is 15.4 Å². The summed E-state index contributed by atoms with van der Waals surface area (Å²) < 4.78 is 44.3. The quantitative estimate of drug-likeness (QED) is 0.329. The Hall–Kier alpha value is -4.16. The number of amides is 1. The van der Waals surface area contributed by atoms with Crippen molar-refractivity contribution < 1.29 is 27.8 Å². The highest BCUT2D eigenvalue weighted by Gasteiger charge is 2.13. The normalized spacial score (nSPS) is 11.1. The first-order chi connectivity index (χ1) is 17.0. The first-order valence-corrected chi connectivity index (χ1v) is 10.4. The van der Waals surface area contributed by atoms with Gasteiger partial charge >= 0.3 is 0 Å². The Kier molecular flexibility index (Phi) is 7.43. The van der Waals surface area contributed by atoms with Crippen LogP contribution in [0.4, 0.5) is 26.0 Å². The molecule has 0 aliphatic rings. The number of hydrogen-bond acceptors (Lipinski definition) is 8. The number of nitrogens with zero attached hydrogens (tertiary/aromatic N) is 4. The summed E-state index contributed by atoms with van der Waals surface area (Å²) in [6.45, 7) is 0.0140. The minimum absolute atomic E-state index is 0.202. The summed E-state index contributed by atoms with van der Waals surface area (Å²) in [7, 11) is 3.06. The zero-order chi connectivity index (χ0) is 24.8. The number of nitrogens with one attached hydrogen (secondary N) is 2. The molecule has 35 heavy (non-hydrogen) atoms. The third-order valence-electron chi connectivity index (χ3n) is 4.95. The molecule has 1 amide bonds. The summed E-state index contributed by atoms with van der Waals surface area (Å²) in [6.07, 6.45) is 4.02. The van der Waals surface area contributed by atoms with E-state index in [2.05, 4.69) is 25.7 Å². The van der Waals surface area contributed by atoms with Gasteiger partial charge in [-0.15, -0.1) is 0 Å². The molecule has 4 aromatic rings. The molecule has 2 heterocycles. The third-order valence-corrected chi connectivity index (χ3v) is 4.95. The van der Waals surface area contributed by atoms with Gasteiger partial charge in [-0.3, -0.25) is 9.48 Å². The van der Waals surface area contributed by atoms with Crippen LogP contribution in [0.2, 0.25) is 0 Å². The molecule has 0 saturated heterocycles. The average molecular weight is 484 g/mol. The van der Waals surface area contributed by atoms with E-state index in [-0.39, 0.29) is 18.8 Å². The molecule has 4 rings (SSSR count). The van der Waals surface area contributed by atoms with Crippen molar-refractivity contribution >= 4 is 34.0 Å². The fourth-order valence-electron chi connectivity index (χ4n) is 3.21. The molecule has 0 unspecified atom stereocenters. The Morgan fingerprint density at radius 1 is 1.14 bits per heavy atom. The number of hydrogen-bond donors (Lipinski definition) is 2. The van der Waals surface area contributed by atoms with Gasteiger partial charge in [-0.05, 0) is 24.3 Å². The highest BCUT2D eigenvalue weighted by molar-refractivity contribution is 5.92. The summed E-state index contributed by atoms with van der Waals surface area (Å²) in [6, 6.07) is 8.91. The lowest BCUT2D eigenvalue weighted by atomic mass is 10.2. The lowest BCUT2D eigenvalue weighted by molar-refractivity contribution is -0.121. The van der Waals surface area contributed by atoms with Gasteiger partial charge in [-0.2, -0.15) is 5.10 Å². The average Bonchev–Trinajstić information content (AvgIpc) is 3.29. The second-order valence-corrected chi connectivity index (χ2v) is 7.31. The van der Waals surface area contributed by atoms with E-state index in [1.165, 1.54) is 43.6 Å². The molecule has 2 aromatic carbocycles. The van der Waals surface area contributed by atoms with Gasteiger partial charge in [-0.25, -0.2) is 18.7 Å². The number of ether oxygens (including phenoxy) is 3. The van der Waals surface area contributed by atoms with Crippen LogP contribution in [-0.2, 0) is 20.8 Å². The van der Waals surface area contributed by atoms with E-state index in [1.54, 1.807) is 18.3 Å². The number of fused-ring (bicyclic) bond motifs is 1. The molecule has 0 bridgehead atoms. The molecular weight excluding hydrogens is 462 g/mol. The number of benzene rings is 2. The predicted molar refractivity (Wildman–Crippen MR) is 123 cm³/mol. The molecular formula is C23H22F2N6O4. The minimum Gasteiger partial charge on any atom is -0.488 e. The van der Waals surface area contributed by atoms with E-state index >= 15 is 0 Å². The van der Waals surface area contributed by atoms with E-state index in [4.69, 9.17) is 14.2 Å². The summed E-state index contributed by atoms with van der Waals surface area (Å²) >= 11 is 0. The van der Waals surface area contributed by atoms with Gasteiger partial charge < -0.3 is 24.8 Å². The van der Waals surface area contributed by atoms with Crippen LogP contribution >= 0.6 is 0 Å². The number of methoxy groups -OCH3 is 2. The fraction of sp³-hybridized carbons (Fsp3) is 0.217. The molecule has 0 radical (unpaired) electrons. The number of rotatable bonds is 10. The zero-order valence-electron chi connectivity index (χ0n) is 18.9. The first kappa shape index (κ1) is 24.0. The van der Waals surface area contributed by atoms with Crippen molar-refractivity contribution in [2.24, 2.45) is 0 Å². The number of carbonyl (C=O) groups is 1. The van der Waals surface area contributed by atoms with E-state index < -0.39 is 23.8 Å². The largest absolute Gasteiger partial charge is 0.488 e. The van der Waals surface area contributed by atoms with Crippen molar-refractivity contribution in [3.05, 3.63) is 66.8 Å². The molecule has 10 nitrogen and oxygen atoms in total. The van der Waals surface area contributed by atoms with Crippen LogP contribution in [0.15, 0.2) is 55.1 Å². The maximum Gasteiger partial charge on any atom is 0.246 e. The predicted octanol–water partition coefficient (Wildman–Crippen LogP) is 3.48. The van der Waals surface area contributed by atoms with Crippen LogP contribution in [0.25, 0.3) is 10.9 Å². The Balaban J connectivity index is 1.42. The first-order valence-electron chi connectivity index (χ1n) is 10.4. The van der Waals surface area contributed by atoms with Crippen LogP contribution in [0.5, 0.6) is 5.75 Å². The van der Waals surface area contributed by atoms with Crippen molar-refractivity contribution in [1.29, 1.82) is 0 Å². The van der Waals surface area contributed by atoms with Gasteiger partial charge in [0, 0.05) is 31.9 Å². The lowest BCUT2D eigenvalue weighted by Crippen LogP contribution is -2.21. The van der Waals surface area contributed by atoms with Gasteiger partial charge in [0.05, 0.1) is 23.1 Å². The number of halogens is 2. The van der Waals surface area contributed by atoms with E-state index in [0.29, 0.717) is 22.8 Å². The minimum atomic E-state index is -1.12. The standard InChI is InChI=1S/C23H22F2N6O4/c1-33-21(34-2)12-35-15-6-7-16-19(8-15)26-13-27-23(16)29-14-9-28-31(10-14)11-20(32)30-18-5-3-4-17(24)22(18)25/h3-10,13,21H,11-12H2,1-2H3,(H,30,32)(H,26,27,29). The number of anilines is 3. The van der Waals surface area contributed by atoms with Crippen molar-refractivity contribution in [1.82, 2.24) is 19.7 Å². The maximum absolute atomic E-state index is 13.8. The van der Waals surface area contributed by atoms with Crippen molar-refractivity contribution in [3.63, 3.8) is 0 Å². The molecule has 182 valence electrons. The summed E-state index contributed by atoms with van der Waals surface area (Å²) in [4.78, 5) is 20.8. The van der Waals surface area contributed by atoms with Crippen molar-refractivity contribution in [2.45, 2.75) is 12.8 Å². The zero-order valence-corrected chi connectivity index (χ0v) is 18.9. The smallest absolute Gasteiger partial charge is 0.246 e. The Bertz CT molecular complexity index is 1330. The number of aromatic nitrogens is 4. The second-order valence-electron chi connectivity index (χ2n) is 7.31. The van der Waals surface area contributed by atoms with Gasteiger partial charge in [-0.1, -0.05) is 6.07 Å². The van der Waals surface area contributed by atoms with Gasteiger partial charge in [0.2, 0.25) is 5.91 Å². The van der Waals surface area contributed by atoms with Crippen LogP contribution in [0.3, 0.4) is 0 Å². The van der Waals surface area contributed by atoms with Crippen molar-refractivity contribution in [2.75, 3.05) is 31.5 Å². The van der Waals surface area contributed by atoms with E-state index in [9.17, 15) is 13.6 Å².